The van der Waals surface area contributed by atoms with Crippen LogP contribution in [0.4, 0.5) is 0 Å². The monoisotopic (exact) mass is 763 g/mol. The third kappa shape index (κ3) is 582. The van der Waals surface area contributed by atoms with Crippen molar-refractivity contribution in [3.63, 3.8) is 0 Å². The Balaban J connectivity index is -0.0000000103. The van der Waals surface area contributed by atoms with Crippen LogP contribution >= 0.6 is 15.8 Å². The van der Waals surface area contributed by atoms with E-state index in [9.17, 15) is 0 Å². The number of hydrogen-bond acceptors (Lipinski definition) is 0. The molecule has 0 unspecified atom stereocenters. The normalized spacial score (nSPS) is 3.93. The van der Waals surface area contributed by atoms with Crippen molar-refractivity contribution >= 4 is 15.8 Å². The van der Waals surface area contributed by atoms with E-state index in [4.69, 9.17) is 37.2 Å². The summed E-state index contributed by atoms with van der Waals surface area (Å²) in [6, 6.07) is 0. The van der Waals surface area contributed by atoms with E-state index >= 15 is 0 Å². The second kappa shape index (κ2) is 250. The van der Waals surface area contributed by atoms with Gasteiger partial charge in [0, 0.05) is 40.8 Å². The Morgan fingerprint density at radius 1 is 0.407 bits per heavy atom. The summed E-state index contributed by atoms with van der Waals surface area (Å²) >= 11 is 0. The summed E-state index contributed by atoms with van der Waals surface area (Å²) in [6.45, 7) is 45.4. The summed E-state index contributed by atoms with van der Waals surface area (Å²) in [7, 11) is 0.766. The van der Waals surface area contributed by atoms with Gasteiger partial charge in [0.25, 0.3) is 0 Å². The molecule has 27 heavy (non-hydrogen) atoms. The van der Waals surface area contributed by atoms with Crippen LogP contribution in [0.15, 0.2) is 0 Å². The summed E-state index contributed by atoms with van der Waals surface area (Å²) in [4.78, 5) is 0. The fourth-order valence-corrected chi connectivity index (χ4v) is 3.60. The standard InChI is InChI=1S/C6H16P2.8CO.CH3.2Re/c1-7(2)5-6-8(3)4;8*1-2;;;/h5-6H2,1-4H3;;;;;;;;;1H3;;/q;;;;;;;;;-1;;. The molecule has 0 saturated heterocycles. The minimum Gasteiger partial charge on any atom is -0.358 e. The molecule has 0 rings (SSSR count). The molecule has 0 aromatic carbocycles. The molecule has 0 aliphatic rings. The van der Waals surface area contributed by atoms with E-state index in [1.807, 2.05) is 0 Å². The summed E-state index contributed by atoms with van der Waals surface area (Å²) in [6.07, 6.45) is 2.96. The van der Waals surface area contributed by atoms with Gasteiger partial charge in [-0.2, -0.15) is 0 Å². The predicted molar refractivity (Wildman–Crippen MR) is 85.1 cm³/mol. The molecule has 0 bridgehead atoms. The molecule has 0 aliphatic carbocycles. The second-order valence-electron chi connectivity index (χ2n) is 2.61. The number of hydrogen-bond donors (Lipinski definition) is 0. The Hall–Kier alpha value is 0.105. The minimum absolute atomic E-state index is 0. The van der Waals surface area contributed by atoms with Crippen LogP contribution in [0.5, 0.6) is 0 Å². The van der Waals surface area contributed by atoms with Gasteiger partial charge in [0.2, 0.25) is 0 Å². The van der Waals surface area contributed by atoms with Crippen molar-refractivity contribution in [2.24, 2.45) is 0 Å². The summed E-state index contributed by atoms with van der Waals surface area (Å²) in [5.74, 6) is 0. The van der Waals surface area contributed by atoms with E-state index in [1.54, 1.807) is 0 Å². The summed E-state index contributed by atoms with van der Waals surface area (Å²) < 4.78 is 60.0. The molecule has 0 saturated carbocycles. The Labute approximate surface area is 193 Å². The Bertz CT molecular complexity index is 240. The van der Waals surface area contributed by atoms with Gasteiger partial charge in [0.1, 0.15) is 0 Å². The molecule has 0 atom stereocenters. The van der Waals surface area contributed by atoms with Crippen molar-refractivity contribution in [1.82, 2.24) is 0 Å². The fourth-order valence-electron chi connectivity index (χ4n) is 0.400. The third-order valence-corrected chi connectivity index (χ3v) is 3.58. The Morgan fingerprint density at radius 2 is 0.481 bits per heavy atom. The molecule has 0 aromatic heterocycles. The van der Waals surface area contributed by atoms with Crippen LogP contribution in [0, 0.1) is 60.6 Å². The van der Waals surface area contributed by atoms with Gasteiger partial charge in [0.05, 0.1) is 0 Å². The van der Waals surface area contributed by atoms with Crippen LogP contribution in [-0.4, -0.2) is 39.0 Å². The van der Waals surface area contributed by atoms with Crippen LogP contribution in [0.3, 0.4) is 0 Å². The first kappa shape index (κ1) is 81.0. The first-order valence-corrected chi connectivity index (χ1v) is 9.40. The van der Waals surface area contributed by atoms with Crippen molar-refractivity contribution < 1.29 is 78.1 Å². The molecular weight excluding hydrogens is 743 g/mol. The minimum atomic E-state index is 0. The Morgan fingerprint density at radius 3 is 0.519 bits per heavy atom. The van der Waals surface area contributed by atoms with Crippen LogP contribution in [0.25, 0.3) is 0 Å². The van der Waals surface area contributed by atoms with Crippen molar-refractivity contribution in [3.8, 4) is 0 Å². The van der Waals surface area contributed by atoms with E-state index in [1.165, 1.54) is 12.3 Å². The first-order valence-electron chi connectivity index (χ1n) is 4.55. The van der Waals surface area contributed by atoms with Gasteiger partial charge in [-0.3, -0.25) is 0 Å². The molecule has 12 heteroatoms. The second-order valence-corrected chi connectivity index (χ2v) is 7.82. The fraction of sp³-hybridized carbons (Fsp3) is 0.400. The topological polar surface area (TPSA) is 159 Å². The average Bonchev–Trinajstić information content (AvgIpc) is 2.72. The molecule has 0 N–H and O–H groups in total. The molecule has 0 aliphatic heterocycles. The molecule has 0 spiro atoms. The zero-order chi connectivity index (χ0) is 22.6. The van der Waals surface area contributed by atoms with Crippen LogP contribution in [0.2, 0.25) is 0 Å². The molecule has 8 nitrogen and oxygen atoms in total. The zero-order valence-corrected chi connectivity index (χ0v) is 22.6. The molecule has 0 fully saturated rings. The molecular formula is C15H19O8P2Re2-. The van der Waals surface area contributed by atoms with Gasteiger partial charge in [-0.25, -0.2) is 0 Å². The third-order valence-electron chi connectivity index (χ3n) is 0.994. The molecule has 152 valence electrons. The van der Waals surface area contributed by atoms with Gasteiger partial charge in [-0.05, 0) is 39.0 Å². The largest absolute Gasteiger partial charge is 0.358 e. The van der Waals surface area contributed by atoms with Gasteiger partial charge >= 0.3 is 90.4 Å². The quantitative estimate of drug-likeness (QED) is 0.236. The predicted octanol–water partition coefficient (Wildman–Crippen LogP) is 2.61. The maximum absolute atomic E-state index is 7.50. The van der Waals surface area contributed by atoms with Crippen LogP contribution in [-0.2, 0) is 78.1 Å². The molecule has 2 radical (unpaired) electrons. The number of rotatable bonds is 3. The summed E-state index contributed by atoms with van der Waals surface area (Å²) in [5, 5.41) is 0. The van der Waals surface area contributed by atoms with Crippen molar-refractivity contribution in [3.05, 3.63) is 60.6 Å². The Kier molecular flexibility index (Phi) is 751. The summed E-state index contributed by atoms with van der Waals surface area (Å²) in [5.41, 5.74) is 0. The van der Waals surface area contributed by atoms with Gasteiger partial charge < -0.3 is 7.43 Å². The van der Waals surface area contributed by atoms with Gasteiger partial charge in [-0.15, -0.1) is 15.8 Å². The van der Waals surface area contributed by atoms with E-state index in [0.29, 0.717) is 15.8 Å². The van der Waals surface area contributed by atoms with Crippen LogP contribution < -0.4 is 0 Å². The van der Waals surface area contributed by atoms with Gasteiger partial charge in [0.15, 0.2) is 0 Å². The maximum atomic E-state index is 7.50. The molecule has 0 heterocycles. The molecule has 0 aromatic rings. The van der Waals surface area contributed by atoms with E-state index in [0.717, 1.165) is 0 Å². The van der Waals surface area contributed by atoms with E-state index in [-0.39, 0.29) is 48.3 Å². The van der Waals surface area contributed by atoms with Crippen molar-refractivity contribution in [1.29, 1.82) is 0 Å². The average molecular weight is 762 g/mol. The van der Waals surface area contributed by atoms with Gasteiger partial charge in [-0.1, -0.05) is 0 Å². The SMILES string of the molecule is CP(C)CCP(C)C.[C-]#[O+].[C-]#[O+].[C-]#[O+].[C-]#[O+].[C-]#[O+].[C-]#[O+].[C-]#[O+].[C-]#[O+].[CH3-].[Re].[Re]. The zero-order valence-electron chi connectivity index (χ0n) is 15.3. The molecule has 0 amide bonds. The smallest absolute Gasteiger partial charge is 0 e. The van der Waals surface area contributed by atoms with E-state index in [2.05, 4.69) is 79.9 Å². The van der Waals surface area contributed by atoms with E-state index < -0.39 is 0 Å². The first-order chi connectivity index (χ1) is 11.6. The van der Waals surface area contributed by atoms with Crippen molar-refractivity contribution in [2.45, 2.75) is 0 Å². The van der Waals surface area contributed by atoms with Crippen molar-refractivity contribution in [2.75, 3.05) is 39.0 Å². The van der Waals surface area contributed by atoms with Crippen LogP contribution in [0.1, 0.15) is 0 Å². The maximum Gasteiger partial charge on any atom is 0 e.